The summed E-state index contributed by atoms with van der Waals surface area (Å²) in [6.45, 7) is 1.70. The highest BCUT2D eigenvalue weighted by molar-refractivity contribution is 7.80. The van der Waals surface area contributed by atoms with Crippen LogP contribution in [0.25, 0.3) is 0 Å². The van der Waals surface area contributed by atoms with Gasteiger partial charge in [0.15, 0.2) is 0 Å². The lowest BCUT2D eigenvalue weighted by Crippen LogP contribution is -2.18. The van der Waals surface area contributed by atoms with Crippen LogP contribution in [0.4, 0.5) is 5.69 Å². The van der Waals surface area contributed by atoms with Gasteiger partial charge in [-0.1, -0.05) is 18.2 Å². The zero-order valence-electron chi connectivity index (χ0n) is 9.73. The van der Waals surface area contributed by atoms with Crippen LogP contribution in [0.5, 0.6) is 0 Å². The number of nitrogens with one attached hydrogen (secondary N) is 2. The first kappa shape index (κ1) is 12.4. The topological polar surface area (TPSA) is 62.0 Å². The van der Waals surface area contributed by atoms with Crippen LogP contribution in [0.2, 0.25) is 0 Å². The quantitative estimate of drug-likeness (QED) is 0.725. The Bertz CT molecular complexity index is 609. The molecule has 2 N–H and O–H groups in total. The van der Waals surface area contributed by atoms with E-state index in [1.807, 2.05) is 18.2 Å². The largest absolute Gasteiger partial charge is 0.322 e. The second-order valence-electron chi connectivity index (χ2n) is 3.86. The Morgan fingerprint density at radius 2 is 1.94 bits per heavy atom. The van der Waals surface area contributed by atoms with Crippen molar-refractivity contribution in [1.82, 2.24) is 4.98 Å². The van der Waals surface area contributed by atoms with Crippen molar-refractivity contribution in [3.05, 3.63) is 57.9 Å². The molecule has 0 fully saturated rings. The van der Waals surface area contributed by atoms with Gasteiger partial charge in [0.2, 0.25) is 5.56 Å². The minimum Gasteiger partial charge on any atom is -0.322 e. The molecule has 0 saturated carbocycles. The van der Waals surface area contributed by atoms with Crippen molar-refractivity contribution in [2.24, 2.45) is 0 Å². The maximum absolute atomic E-state index is 12.1. The van der Waals surface area contributed by atoms with Gasteiger partial charge in [0.25, 0.3) is 5.91 Å². The predicted molar refractivity (Wildman–Crippen MR) is 73.4 cm³/mol. The van der Waals surface area contributed by atoms with Crippen molar-refractivity contribution in [3.63, 3.8) is 0 Å². The molecular formula is C13H12N2O2S. The van der Waals surface area contributed by atoms with Crippen molar-refractivity contribution in [1.29, 1.82) is 0 Å². The summed E-state index contributed by atoms with van der Waals surface area (Å²) in [5, 5.41) is 3.02. The number of aromatic nitrogens is 1. The van der Waals surface area contributed by atoms with Gasteiger partial charge in [-0.25, -0.2) is 0 Å². The average molecular weight is 260 g/mol. The summed E-state index contributed by atoms with van der Waals surface area (Å²) >= 11 is 4.13. The number of carbonyl (C=O) groups excluding carboxylic acids is 1. The van der Waals surface area contributed by atoms with E-state index >= 15 is 0 Å². The minimum atomic E-state index is -0.292. The Morgan fingerprint density at radius 3 is 2.56 bits per heavy atom. The highest BCUT2D eigenvalue weighted by atomic mass is 32.1. The number of hydrogen-bond donors (Lipinski definition) is 3. The zero-order valence-corrected chi connectivity index (χ0v) is 10.6. The molecule has 1 aromatic carbocycles. The second kappa shape index (κ2) is 5.10. The van der Waals surface area contributed by atoms with E-state index in [1.165, 1.54) is 6.07 Å². The van der Waals surface area contributed by atoms with Crippen molar-refractivity contribution in [3.8, 4) is 0 Å². The van der Waals surface area contributed by atoms with E-state index in [0.29, 0.717) is 16.8 Å². The Kier molecular flexibility index (Phi) is 3.53. The third-order valence-corrected chi connectivity index (χ3v) is 2.81. The number of amides is 1. The number of rotatable bonds is 2. The van der Waals surface area contributed by atoms with Gasteiger partial charge in [0.05, 0.1) is 10.6 Å². The van der Waals surface area contributed by atoms with Crippen molar-refractivity contribution < 1.29 is 4.79 Å². The molecule has 0 radical (unpaired) electrons. The van der Waals surface area contributed by atoms with Crippen molar-refractivity contribution >= 4 is 24.2 Å². The van der Waals surface area contributed by atoms with E-state index in [2.05, 4.69) is 22.9 Å². The van der Waals surface area contributed by atoms with Gasteiger partial charge in [-0.2, -0.15) is 0 Å². The molecule has 0 saturated heterocycles. The van der Waals surface area contributed by atoms with Crippen LogP contribution in [0.15, 0.2) is 46.2 Å². The number of para-hydroxylation sites is 1. The molecule has 92 valence electrons. The highest BCUT2D eigenvalue weighted by Gasteiger charge is 2.14. The van der Waals surface area contributed by atoms with E-state index in [-0.39, 0.29) is 16.5 Å². The lowest BCUT2D eigenvalue weighted by atomic mass is 10.1. The number of aryl methyl sites for hydroxylation is 1. The molecule has 4 nitrogen and oxygen atoms in total. The number of H-pyrrole nitrogens is 1. The fourth-order valence-corrected chi connectivity index (χ4v) is 2.06. The standard InChI is InChI=1S/C13H12N2O2S/c1-8-7-10(16)15-13(18)11(8)12(17)14-9-5-3-2-4-6-9/h2-7H,1H3,(H,14,17)(H2,15,16,18). The average Bonchev–Trinajstić information content (AvgIpc) is 2.28. The van der Waals surface area contributed by atoms with Crippen LogP contribution in [0, 0.1) is 6.92 Å². The number of pyridine rings is 1. The highest BCUT2D eigenvalue weighted by Crippen LogP contribution is 2.15. The molecule has 0 bridgehead atoms. The summed E-state index contributed by atoms with van der Waals surface area (Å²) in [5.41, 5.74) is 1.40. The fourth-order valence-electron chi connectivity index (χ4n) is 1.67. The van der Waals surface area contributed by atoms with Crippen LogP contribution < -0.4 is 10.9 Å². The van der Waals surface area contributed by atoms with Crippen LogP contribution in [-0.4, -0.2) is 10.9 Å². The molecule has 0 unspecified atom stereocenters. The summed E-state index contributed by atoms with van der Waals surface area (Å²) in [6.07, 6.45) is 0. The van der Waals surface area contributed by atoms with Gasteiger partial charge in [-0.05, 0) is 24.6 Å². The lowest BCUT2D eigenvalue weighted by molar-refractivity contribution is 0.102. The molecule has 1 aromatic heterocycles. The monoisotopic (exact) mass is 260 g/mol. The molecular weight excluding hydrogens is 248 g/mol. The second-order valence-corrected chi connectivity index (χ2v) is 4.31. The lowest BCUT2D eigenvalue weighted by Gasteiger charge is -2.09. The molecule has 0 aliphatic rings. The Balaban J connectivity index is 2.33. The van der Waals surface area contributed by atoms with E-state index < -0.39 is 0 Å². The molecule has 1 heterocycles. The number of benzene rings is 1. The number of thiol groups is 1. The predicted octanol–water partition coefficient (Wildman–Crippen LogP) is 2.22. The molecule has 0 aliphatic carbocycles. The zero-order chi connectivity index (χ0) is 13.1. The Hall–Kier alpha value is -2.01. The van der Waals surface area contributed by atoms with Gasteiger partial charge in [0.1, 0.15) is 0 Å². The molecule has 0 aliphatic heterocycles. The summed E-state index contributed by atoms with van der Waals surface area (Å²) in [7, 11) is 0. The van der Waals surface area contributed by atoms with Gasteiger partial charge >= 0.3 is 0 Å². The molecule has 18 heavy (non-hydrogen) atoms. The Morgan fingerprint density at radius 1 is 1.28 bits per heavy atom. The van der Waals surface area contributed by atoms with E-state index in [4.69, 9.17) is 0 Å². The molecule has 0 spiro atoms. The van der Waals surface area contributed by atoms with E-state index in [1.54, 1.807) is 19.1 Å². The van der Waals surface area contributed by atoms with Crippen molar-refractivity contribution in [2.75, 3.05) is 5.32 Å². The summed E-state index contributed by atoms with van der Waals surface area (Å²) in [5.74, 6) is -0.292. The molecule has 5 heteroatoms. The van der Waals surface area contributed by atoms with Crippen LogP contribution in [0.3, 0.4) is 0 Å². The maximum Gasteiger partial charge on any atom is 0.258 e. The fraction of sp³-hybridized carbons (Fsp3) is 0.0769. The smallest absolute Gasteiger partial charge is 0.258 e. The number of hydrogen-bond acceptors (Lipinski definition) is 3. The first-order valence-corrected chi connectivity index (χ1v) is 5.82. The number of carbonyl (C=O) groups is 1. The maximum atomic E-state index is 12.1. The Labute approximate surface area is 109 Å². The van der Waals surface area contributed by atoms with E-state index in [9.17, 15) is 9.59 Å². The van der Waals surface area contributed by atoms with Crippen LogP contribution in [-0.2, 0) is 0 Å². The molecule has 2 rings (SSSR count). The summed E-state index contributed by atoms with van der Waals surface area (Å²) in [4.78, 5) is 25.8. The first-order chi connectivity index (χ1) is 8.58. The minimum absolute atomic E-state index is 0.270. The normalized spacial score (nSPS) is 10.1. The van der Waals surface area contributed by atoms with Crippen molar-refractivity contribution in [2.45, 2.75) is 11.9 Å². The SMILES string of the molecule is Cc1cc(=O)[nH]c(S)c1C(=O)Nc1ccccc1. The third kappa shape index (κ3) is 2.62. The third-order valence-electron chi connectivity index (χ3n) is 2.48. The van der Waals surface area contributed by atoms with Gasteiger partial charge in [-0.3, -0.25) is 9.59 Å². The van der Waals surface area contributed by atoms with Crippen LogP contribution in [0.1, 0.15) is 15.9 Å². The first-order valence-electron chi connectivity index (χ1n) is 5.37. The number of aromatic amines is 1. The summed E-state index contributed by atoms with van der Waals surface area (Å²) < 4.78 is 0. The summed E-state index contributed by atoms with van der Waals surface area (Å²) in [6, 6.07) is 10.5. The molecule has 1 amide bonds. The van der Waals surface area contributed by atoms with Gasteiger partial charge in [-0.15, -0.1) is 12.6 Å². The van der Waals surface area contributed by atoms with Gasteiger partial charge in [0, 0.05) is 11.8 Å². The number of anilines is 1. The van der Waals surface area contributed by atoms with Gasteiger partial charge < -0.3 is 10.3 Å². The molecule has 0 atom stereocenters. The van der Waals surface area contributed by atoms with E-state index in [0.717, 1.165) is 0 Å². The molecule has 2 aromatic rings. The van der Waals surface area contributed by atoms with Crippen LogP contribution >= 0.6 is 12.6 Å².